The van der Waals surface area contributed by atoms with E-state index in [1.165, 1.54) is 67.0 Å². The Labute approximate surface area is 245 Å². The van der Waals surface area contributed by atoms with Crippen molar-refractivity contribution < 1.29 is 0 Å². The molecule has 2 aliphatic rings. The Hall–Kier alpha value is -1.20. The highest BCUT2D eigenvalue weighted by molar-refractivity contribution is 7.99. The first-order valence-corrected chi connectivity index (χ1v) is 14.6. The number of likely N-dealkylation sites (tertiary alicyclic amines) is 1. The van der Waals surface area contributed by atoms with Crippen molar-refractivity contribution in [1.29, 1.82) is 0 Å². The summed E-state index contributed by atoms with van der Waals surface area (Å²) in [6.45, 7) is 6.75. The van der Waals surface area contributed by atoms with Crippen molar-refractivity contribution in [2.24, 2.45) is 5.92 Å². The highest BCUT2D eigenvalue weighted by Gasteiger charge is 2.20. The Kier molecular flexibility index (Phi) is 12.6. The van der Waals surface area contributed by atoms with E-state index in [4.69, 9.17) is 11.6 Å². The van der Waals surface area contributed by atoms with Gasteiger partial charge in [0.05, 0.1) is 0 Å². The zero-order valence-corrected chi connectivity index (χ0v) is 24.7. The van der Waals surface area contributed by atoms with Crippen LogP contribution in [-0.2, 0) is 25.9 Å². The van der Waals surface area contributed by atoms with Crippen LogP contribution < -0.4 is 0 Å². The van der Waals surface area contributed by atoms with E-state index in [1.54, 1.807) is 11.1 Å². The lowest BCUT2D eigenvalue weighted by molar-refractivity contribution is 0.175. The van der Waals surface area contributed by atoms with Gasteiger partial charge in [0.15, 0.2) is 0 Å². The molecule has 1 saturated heterocycles. The summed E-state index contributed by atoms with van der Waals surface area (Å²) in [5.41, 5.74) is 5.80. The van der Waals surface area contributed by atoms with Gasteiger partial charge in [0.25, 0.3) is 0 Å². The van der Waals surface area contributed by atoms with Gasteiger partial charge in [-0.15, -0.1) is 36.6 Å². The molecule has 37 heavy (non-hydrogen) atoms. The standard InChI is InChI=1S/C31H37ClN2S.2ClH/c32-31-9-5-4-8-29(31)24-34-17-12-25(13-18-34)16-21-35-30-11-10-27-14-19-33(20-15-28(27)22-30)23-26-6-2-1-3-7-26;;/h1-11,22,25H,12-21,23-24H2;2*1H. The lowest BCUT2D eigenvalue weighted by Gasteiger charge is -2.32. The number of halogens is 3. The molecule has 5 rings (SSSR count). The number of rotatable bonds is 8. The van der Waals surface area contributed by atoms with Crippen LogP contribution in [0.1, 0.15) is 41.5 Å². The van der Waals surface area contributed by atoms with Crippen LogP contribution in [0.4, 0.5) is 0 Å². The molecule has 1 fully saturated rings. The second-order valence-electron chi connectivity index (χ2n) is 10.1. The number of benzene rings is 3. The molecule has 0 unspecified atom stereocenters. The molecule has 0 saturated carbocycles. The van der Waals surface area contributed by atoms with Crippen LogP contribution in [0.5, 0.6) is 0 Å². The van der Waals surface area contributed by atoms with Crippen LogP contribution in [0.2, 0.25) is 5.02 Å². The molecule has 0 aliphatic carbocycles. The lowest BCUT2D eigenvalue weighted by Crippen LogP contribution is -2.33. The van der Waals surface area contributed by atoms with Gasteiger partial charge in [-0.3, -0.25) is 9.80 Å². The van der Waals surface area contributed by atoms with Gasteiger partial charge in [0.2, 0.25) is 0 Å². The molecule has 3 aromatic carbocycles. The summed E-state index contributed by atoms with van der Waals surface area (Å²) in [5, 5.41) is 0.899. The monoisotopic (exact) mass is 576 g/mol. The number of piperidine rings is 1. The first-order chi connectivity index (χ1) is 17.2. The average molecular weight is 578 g/mol. The van der Waals surface area contributed by atoms with Crippen LogP contribution in [0.25, 0.3) is 0 Å². The van der Waals surface area contributed by atoms with E-state index >= 15 is 0 Å². The molecule has 0 atom stereocenters. The van der Waals surface area contributed by atoms with E-state index in [2.05, 4.69) is 82.2 Å². The van der Waals surface area contributed by atoms with Crippen molar-refractivity contribution in [3.05, 3.63) is 100 Å². The van der Waals surface area contributed by atoms with E-state index in [0.717, 1.165) is 37.1 Å². The van der Waals surface area contributed by atoms with Gasteiger partial charge in [0.1, 0.15) is 0 Å². The van der Waals surface area contributed by atoms with Crippen molar-refractivity contribution in [1.82, 2.24) is 9.80 Å². The molecule has 0 aromatic heterocycles. The minimum Gasteiger partial charge on any atom is -0.299 e. The Morgan fingerprint density at radius 1 is 0.730 bits per heavy atom. The second kappa shape index (κ2) is 15.4. The zero-order valence-electron chi connectivity index (χ0n) is 21.5. The van der Waals surface area contributed by atoms with Gasteiger partial charge in [-0.25, -0.2) is 0 Å². The fourth-order valence-corrected chi connectivity index (χ4v) is 6.75. The predicted octanol–water partition coefficient (Wildman–Crippen LogP) is 8.18. The summed E-state index contributed by atoms with van der Waals surface area (Å²) in [7, 11) is 0. The first kappa shape index (κ1) is 30.3. The first-order valence-electron chi connectivity index (χ1n) is 13.2. The molecule has 2 heterocycles. The van der Waals surface area contributed by atoms with Gasteiger partial charge < -0.3 is 0 Å². The Morgan fingerprint density at radius 2 is 1.41 bits per heavy atom. The van der Waals surface area contributed by atoms with Crippen LogP contribution >= 0.6 is 48.2 Å². The molecular formula is C31H39Cl3N2S. The van der Waals surface area contributed by atoms with Crippen LogP contribution in [0.15, 0.2) is 77.7 Å². The quantitative estimate of drug-likeness (QED) is 0.249. The molecule has 2 aliphatic heterocycles. The minimum absolute atomic E-state index is 0. The molecular weight excluding hydrogens is 539 g/mol. The maximum atomic E-state index is 6.36. The summed E-state index contributed by atoms with van der Waals surface area (Å²) in [6.07, 6.45) is 6.28. The van der Waals surface area contributed by atoms with Crippen molar-refractivity contribution in [3.63, 3.8) is 0 Å². The molecule has 2 nitrogen and oxygen atoms in total. The number of hydrogen-bond acceptors (Lipinski definition) is 3. The minimum atomic E-state index is 0. The molecule has 200 valence electrons. The highest BCUT2D eigenvalue weighted by atomic mass is 35.5. The number of nitrogens with zero attached hydrogens (tertiary/aromatic N) is 2. The fourth-order valence-electron chi connectivity index (χ4n) is 5.48. The van der Waals surface area contributed by atoms with E-state index in [1.807, 2.05) is 12.1 Å². The molecule has 0 N–H and O–H groups in total. The summed E-state index contributed by atoms with van der Waals surface area (Å²) in [4.78, 5) is 6.63. The maximum absolute atomic E-state index is 6.36. The van der Waals surface area contributed by atoms with E-state index in [9.17, 15) is 0 Å². The summed E-state index contributed by atoms with van der Waals surface area (Å²) < 4.78 is 0. The Balaban J connectivity index is 0.00000190. The lowest BCUT2D eigenvalue weighted by atomic mass is 9.94. The normalized spacial score (nSPS) is 16.8. The van der Waals surface area contributed by atoms with Crippen molar-refractivity contribution in [3.8, 4) is 0 Å². The third-order valence-electron chi connectivity index (χ3n) is 7.68. The predicted molar refractivity (Wildman–Crippen MR) is 165 cm³/mol. The van der Waals surface area contributed by atoms with Crippen LogP contribution in [0, 0.1) is 5.92 Å². The average Bonchev–Trinajstić information content (AvgIpc) is 3.09. The molecule has 0 spiro atoms. The summed E-state index contributed by atoms with van der Waals surface area (Å²) in [6, 6.07) is 26.4. The summed E-state index contributed by atoms with van der Waals surface area (Å²) in [5.74, 6) is 2.09. The maximum Gasteiger partial charge on any atom is 0.0451 e. The van der Waals surface area contributed by atoms with Crippen molar-refractivity contribution in [2.75, 3.05) is 31.9 Å². The van der Waals surface area contributed by atoms with Gasteiger partial charge in [-0.05, 0) is 97.3 Å². The van der Waals surface area contributed by atoms with E-state index < -0.39 is 0 Å². The van der Waals surface area contributed by atoms with Crippen LogP contribution in [0.3, 0.4) is 0 Å². The van der Waals surface area contributed by atoms with E-state index in [-0.39, 0.29) is 24.8 Å². The third kappa shape index (κ3) is 8.92. The number of hydrogen-bond donors (Lipinski definition) is 0. The number of thioether (sulfide) groups is 1. The largest absolute Gasteiger partial charge is 0.299 e. The highest BCUT2D eigenvalue weighted by Crippen LogP contribution is 2.29. The van der Waals surface area contributed by atoms with Gasteiger partial charge in [-0.2, -0.15) is 0 Å². The van der Waals surface area contributed by atoms with Gasteiger partial charge >= 0.3 is 0 Å². The second-order valence-corrected chi connectivity index (χ2v) is 11.7. The van der Waals surface area contributed by atoms with Gasteiger partial charge in [-0.1, -0.05) is 66.2 Å². The van der Waals surface area contributed by atoms with Crippen molar-refractivity contribution in [2.45, 2.75) is 50.1 Å². The smallest absolute Gasteiger partial charge is 0.0451 e. The SMILES string of the molecule is Cl.Cl.Clc1ccccc1CN1CCC(CCSc2ccc3c(c2)CCN(Cc2ccccc2)CC3)CC1. The van der Waals surface area contributed by atoms with Crippen molar-refractivity contribution >= 4 is 48.2 Å². The van der Waals surface area contributed by atoms with Gasteiger partial charge in [0, 0.05) is 36.1 Å². The molecule has 0 radical (unpaired) electrons. The van der Waals surface area contributed by atoms with E-state index in [0.29, 0.717) is 0 Å². The zero-order chi connectivity index (χ0) is 23.9. The summed E-state index contributed by atoms with van der Waals surface area (Å²) >= 11 is 8.42. The van der Waals surface area contributed by atoms with Crippen LogP contribution in [-0.4, -0.2) is 41.7 Å². The molecule has 6 heteroatoms. The molecule has 0 amide bonds. The molecule has 0 bridgehead atoms. The topological polar surface area (TPSA) is 6.48 Å². The Bertz CT molecular complexity index is 1090. The fraction of sp³-hybridized carbons (Fsp3) is 0.419. The molecule has 3 aromatic rings. The Morgan fingerprint density at radius 3 is 2.16 bits per heavy atom. The third-order valence-corrected chi connectivity index (χ3v) is 9.07. The number of fused-ring (bicyclic) bond motifs is 1.